The summed E-state index contributed by atoms with van der Waals surface area (Å²) < 4.78 is 5.64. The van der Waals surface area contributed by atoms with Gasteiger partial charge in [-0.25, -0.2) is 4.79 Å². The minimum atomic E-state index is -0.173. The van der Waals surface area contributed by atoms with Gasteiger partial charge in [-0.2, -0.15) is 0 Å². The van der Waals surface area contributed by atoms with Gasteiger partial charge in [0.15, 0.2) is 0 Å². The molecular formula is C15H23N3O2. The van der Waals surface area contributed by atoms with Crippen LogP contribution in [0.1, 0.15) is 32.3 Å². The number of hydrogen-bond acceptors (Lipinski definition) is 3. The first-order valence-corrected chi connectivity index (χ1v) is 6.99. The molecule has 1 aromatic rings. The maximum absolute atomic E-state index is 12.0. The first-order chi connectivity index (χ1) is 9.48. The van der Waals surface area contributed by atoms with Crippen molar-refractivity contribution >= 4 is 11.7 Å². The molecule has 1 unspecified atom stereocenters. The van der Waals surface area contributed by atoms with Gasteiger partial charge in [-0.3, -0.25) is 0 Å². The van der Waals surface area contributed by atoms with Crippen molar-refractivity contribution in [2.24, 2.45) is 5.73 Å². The van der Waals surface area contributed by atoms with Gasteiger partial charge in [0.2, 0.25) is 0 Å². The molecular weight excluding hydrogens is 254 g/mol. The van der Waals surface area contributed by atoms with E-state index in [1.165, 1.54) is 0 Å². The van der Waals surface area contributed by atoms with E-state index in [0.717, 1.165) is 24.1 Å². The minimum absolute atomic E-state index is 0.155. The Bertz CT molecular complexity index is 457. The Hall–Kier alpha value is -1.59. The topological polar surface area (TPSA) is 76.4 Å². The van der Waals surface area contributed by atoms with E-state index in [2.05, 4.69) is 10.6 Å². The lowest BCUT2D eigenvalue weighted by Gasteiger charge is -2.35. The zero-order valence-electron chi connectivity index (χ0n) is 12.1. The number of benzene rings is 1. The van der Waals surface area contributed by atoms with E-state index in [9.17, 15) is 4.79 Å². The maximum atomic E-state index is 12.0. The van der Waals surface area contributed by atoms with E-state index < -0.39 is 0 Å². The first-order valence-electron chi connectivity index (χ1n) is 6.99. The molecule has 0 bridgehead atoms. The van der Waals surface area contributed by atoms with Crippen molar-refractivity contribution in [3.05, 3.63) is 29.8 Å². The number of ether oxygens (including phenoxy) is 1. The number of rotatable bonds is 3. The van der Waals surface area contributed by atoms with Gasteiger partial charge in [-0.1, -0.05) is 12.1 Å². The summed E-state index contributed by atoms with van der Waals surface area (Å²) in [6.45, 7) is 5.28. The molecule has 1 fully saturated rings. The molecule has 1 aliphatic rings. The molecule has 0 aromatic heterocycles. The van der Waals surface area contributed by atoms with Gasteiger partial charge in [0, 0.05) is 24.9 Å². The van der Waals surface area contributed by atoms with Crippen LogP contribution >= 0.6 is 0 Å². The third kappa shape index (κ3) is 4.21. The molecule has 4 N–H and O–H groups in total. The highest BCUT2D eigenvalue weighted by molar-refractivity contribution is 5.89. The number of carbonyl (C=O) groups is 1. The molecule has 1 heterocycles. The molecule has 0 spiro atoms. The largest absolute Gasteiger partial charge is 0.375 e. The van der Waals surface area contributed by atoms with Crippen LogP contribution in [-0.4, -0.2) is 24.3 Å². The number of carbonyl (C=O) groups excluding carboxylic acids is 1. The van der Waals surface area contributed by atoms with Crippen LogP contribution in [-0.2, 0) is 11.3 Å². The number of urea groups is 1. The smallest absolute Gasteiger partial charge is 0.319 e. The maximum Gasteiger partial charge on any atom is 0.319 e. The molecule has 1 atom stereocenters. The van der Waals surface area contributed by atoms with E-state index in [0.29, 0.717) is 13.2 Å². The van der Waals surface area contributed by atoms with Gasteiger partial charge in [0.1, 0.15) is 0 Å². The molecule has 110 valence electrons. The van der Waals surface area contributed by atoms with E-state index in [4.69, 9.17) is 10.5 Å². The molecule has 0 aliphatic carbocycles. The lowest BCUT2D eigenvalue weighted by molar-refractivity contribution is -0.0609. The fraction of sp³-hybridized carbons (Fsp3) is 0.533. The SMILES string of the molecule is CC1(C)CC(NC(=O)Nc2ccc(CN)cc2)CCO1. The van der Waals surface area contributed by atoms with Gasteiger partial charge in [-0.15, -0.1) is 0 Å². The third-order valence-corrected chi connectivity index (χ3v) is 3.48. The summed E-state index contributed by atoms with van der Waals surface area (Å²) in [5, 5.41) is 5.83. The second-order valence-corrected chi connectivity index (χ2v) is 5.80. The van der Waals surface area contributed by atoms with Gasteiger partial charge < -0.3 is 21.1 Å². The molecule has 0 radical (unpaired) electrons. The fourth-order valence-corrected chi connectivity index (χ4v) is 2.43. The summed E-state index contributed by atoms with van der Waals surface area (Å²) in [5.74, 6) is 0. The lowest BCUT2D eigenvalue weighted by Crippen LogP contribution is -2.47. The summed E-state index contributed by atoms with van der Waals surface area (Å²) in [6.07, 6.45) is 1.68. The average Bonchev–Trinajstić information content (AvgIpc) is 2.38. The normalized spacial score (nSPS) is 21.2. The summed E-state index contributed by atoms with van der Waals surface area (Å²) in [6, 6.07) is 7.52. The minimum Gasteiger partial charge on any atom is -0.375 e. The van der Waals surface area contributed by atoms with Crippen molar-refractivity contribution in [1.82, 2.24) is 5.32 Å². The number of amides is 2. The number of nitrogens with two attached hydrogens (primary N) is 1. The molecule has 1 saturated heterocycles. The zero-order valence-corrected chi connectivity index (χ0v) is 12.1. The molecule has 2 rings (SSSR count). The van der Waals surface area contributed by atoms with Crippen LogP contribution in [0.2, 0.25) is 0 Å². The first kappa shape index (κ1) is 14.8. The summed E-state index contributed by atoms with van der Waals surface area (Å²) >= 11 is 0. The Morgan fingerprint density at radius 2 is 2.10 bits per heavy atom. The van der Waals surface area contributed by atoms with Crippen LogP contribution < -0.4 is 16.4 Å². The summed E-state index contributed by atoms with van der Waals surface area (Å²) in [5.41, 5.74) is 7.18. The van der Waals surface area contributed by atoms with Crippen molar-refractivity contribution in [2.75, 3.05) is 11.9 Å². The lowest BCUT2D eigenvalue weighted by atomic mass is 9.94. The number of nitrogens with one attached hydrogen (secondary N) is 2. The van der Waals surface area contributed by atoms with Crippen LogP contribution in [0.25, 0.3) is 0 Å². The predicted molar refractivity (Wildman–Crippen MR) is 79.5 cm³/mol. The van der Waals surface area contributed by atoms with Crippen molar-refractivity contribution in [1.29, 1.82) is 0 Å². The highest BCUT2D eigenvalue weighted by Crippen LogP contribution is 2.23. The molecule has 1 aromatic carbocycles. The quantitative estimate of drug-likeness (QED) is 0.793. The Labute approximate surface area is 119 Å². The predicted octanol–water partition coefficient (Wildman–Crippen LogP) is 2.22. The van der Waals surface area contributed by atoms with Gasteiger partial charge in [-0.05, 0) is 44.4 Å². The van der Waals surface area contributed by atoms with Gasteiger partial charge >= 0.3 is 6.03 Å². The molecule has 1 aliphatic heterocycles. The van der Waals surface area contributed by atoms with Gasteiger partial charge in [0.25, 0.3) is 0 Å². The van der Waals surface area contributed by atoms with Crippen LogP contribution in [0, 0.1) is 0 Å². The molecule has 5 heteroatoms. The van der Waals surface area contributed by atoms with E-state index in [1.807, 2.05) is 38.1 Å². The van der Waals surface area contributed by atoms with Crippen molar-refractivity contribution in [3.8, 4) is 0 Å². The van der Waals surface area contributed by atoms with Crippen LogP contribution in [0.3, 0.4) is 0 Å². The Kier molecular flexibility index (Phi) is 4.62. The number of hydrogen-bond donors (Lipinski definition) is 3. The second kappa shape index (κ2) is 6.24. The van der Waals surface area contributed by atoms with E-state index >= 15 is 0 Å². The summed E-state index contributed by atoms with van der Waals surface area (Å²) in [4.78, 5) is 12.0. The van der Waals surface area contributed by atoms with Crippen molar-refractivity contribution in [2.45, 2.75) is 44.9 Å². The zero-order chi connectivity index (χ0) is 14.6. The molecule has 20 heavy (non-hydrogen) atoms. The van der Waals surface area contributed by atoms with Crippen molar-refractivity contribution < 1.29 is 9.53 Å². The fourth-order valence-electron chi connectivity index (χ4n) is 2.43. The second-order valence-electron chi connectivity index (χ2n) is 5.80. The third-order valence-electron chi connectivity index (χ3n) is 3.48. The highest BCUT2D eigenvalue weighted by atomic mass is 16.5. The Morgan fingerprint density at radius 3 is 2.70 bits per heavy atom. The van der Waals surface area contributed by atoms with E-state index in [-0.39, 0.29) is 17.7 Å². The van der Waals surface area contributed by atoms with Crippen LogP contribution in [0.4, 0.5) is 10.5 Å². The molecule has 0 saturated carbocycles. The monoisotopic (exact) mass is 277 g/mol. The van der Waals surface area contributed by atoms with Gasteiger partial charge in [0.05, 0.1) is 5.60 Å². The van der Waals surface area contributed by atoms with Crippen molar-refractivity contribution in [3.63, 3.8) is 0 Å². The molecule has 2 amide bonds. The molecule has 5 nitrogen and oxygen atoms in total. The van der Waals surface area contributed by atoms with Crippen LogP contribution in [0.5, 0.6) is 0 Å². The van der Waals surface area contributed by atoms with E-state index in [1.54, 1.807) is 0 Å². The standard InChI is InChI=1S/C15H23N3O2/c1-15(2)9-13(7-8-20-15)18-14(19)17-12-5-3-11(10-16)4-6-12/h3-6,13H,7-10,16H2,1-2H3,(H2,17,18,19). The van der Waals surface area contributed by atoms with Crippen LogP contribution in [0.15, 0.2) is 24.3 Å². The highest BCUT2D eigenvalue weighted by Gasteiger charge is 2.29. The Morgan fingerprint density at radius 1 is 1.40 bits per heavy atom. The Balaban J connectivity index is 1.85. The number of anilines is 1. The summed E-state index contributed by atoms with van der Waals surface area (Å²) in [7, 11) is 0. The average molecular weight is 277 g/mol.